The van der Waals surface area contributed by atoms with Gasteiger partial charge in [0.15, 0.2) is 0 Å². The number of allylic oxidation sites excluding steroid dienone is 1. The summed E-state index contributed by atoms with van der Waals surface area (Å²) in [7, 11) is 0. The number of hydrogen-bond acceptors (Lipinski definition) is 2. The van der Waals surface area contributed by atoms with E-state index < -0.39 is 0 Å². The van der Waals surface area contributed by atoms with Gasteiger partial charge in [0.2, 0.25) is 0 Å². The van der Waals surface area contributed by atoms with Crippen LogP contribution >= 0.6 is 0 Å². The second-order valence-corrected chi connectivity index (χ2v) is 9.72. The molecule has 0 aliphatic heterocycles. The normalized spacial score (nSPS) is 52.0. The lowest BCUT2D eigenvalue weighted by Crippen LogP contribution is -2.56. The number of aliphatic hydroxyl groups is 1. The molecular formula is C23H36O2. The average molecular weight is 345 g/mol. The van der Waals surface area contributed by atoms with Crippen molar-refractivity contribution in [1.29, 1.82) is 0 Å². The van der Waals surface area contributed by atoms with Crippen molar-refractivity contribution in [3.05, 3.63) is 12.7 Å². The molecular weight excluding hydrogens is 308 g/mol. The summed E-state index contributed by atoms with van der Waals surface area (Å²) in [4.78, 5) is 12.8. The Balaban J connectivity index is 1.69. The van der Waals surface area contributed by atoms with Gasteiger partial charge in [-0.3, -0.25) is 4.79 Å². The van der Waals surface area contributed by atoms with Gasteiger partial charge in [-0.1, -0.05) is 13.0 Å². The van der Waals surface area contributed by atoms with Crippen molar-refractivity contribution < 1.29 is 9.90 Å². The summed E-state index contributed by atoms with van der Waals surface area (Å²) < 4.78 is 0. The van der Waals surface area contributed by atoms with Gasteiger partial charge >= 0.3 is 0 Å². The van der Waals surface area contributed by atoms with Crippen molar-refractivity contribution in [3.8, 4) is 0 Å². The third-order valence-corrected chi connectivity index (χ3v) is 9.51. The van der Waals surface area contributed by atoms with E-state index in [0.29, 0.717) is 29.0 Å². The van der Waals surface area contributed by atoms with E-state index in [1.54, 1.807) is 0 Å². The van der Waals surface area contributed by atoms with Crippen molar-refractivity contribution in [2.45, 2.75) is 84.2 Å². The predicted molar refractivity (Wildman–Crippen MR) is 101 cm³/mol. The molecule has 0 radical (unpaired) electrons. The van der Waals surface area contributed by atoms with E-state index in [1.165, 1.54) is 38.5 Å². The summed E-state index contributed by atoms with van der Waals surface area (Å²) in [6.45, 7) is 8.33. The van der Waals surface area contributed by atoms with Gasteiger partial charge in [-0.05, 0) is 106 Å². The van der Waals surface area contributed by atoms with Crippen LogP contribution in [0.1, 0.15) is 78.1 Å². The zero-order valence-corrected chi connectivity index (χ0v) is 16.2. The molecule has 1 N–H and O–H groups in total. The van der Waals surface area contributed by atoms with Crippen LogP contribution in [0.2, 0.25) is 0 Å². The minimum absolute atomic E-state index is 0.0715. The highest BCUT2D eigenvalue weighted by Crippen LogP contribution is 2.68. The van der Waals surface area contributed by atoms with Gasteiger partial charge < -0.3 is 5.11 Å². The largest absolute Gasteiger partial charge is 0.393 e. The molecule has 4 fully saturated rings. The lowest BCUT2D eigenvalue weighted by atomic mass is 9.43. The first kappa shape index (κ1) is 17.8. The summed E-state index contributed by atoms with van der Waals surface area (Å²) in [5.41, 5.74) is 0.343. The first-order chi connectivity index (χ1) is 12.0. The maximum absolute atomic E-state index is 12.8. The van der Waals surface area contributed by atoms with E-state index in [4.69, 9.17) is 0 Å². The van der Waals surface area contributed by atoms with Crippen molar-refractivity contribution in [1.82, 2.24) is 0 Å². The molecule has 4 rings (SSSR count). The molecule has 0 spiro atoms. The topological polar surface area (TPSA) is 37.3 Å². The Kier molecular flexibility index (Phi) is 4.42. The summed E-state index contributed by atoms with van der Waals surface area (Å²) in [6.07, 6.45) is 13.8. The standard InChI is InChI=1S/C23H36O2/c1-4-16-7-9-21-19-8-6-17-14-18(25)10-12-22(17,5-2)20(19)11-13-23(16,21)15(3)24/h4,16-21,25H,1,5-14H2,2-3H3/t16?,17-,18+,19+,20-,21-,22-,23-/m0/s1. The van der Waals surface area contributed by atoms with Gasteiger partial charge in [-0.2, -0.15) is 0 Å². The molecule has 25 heavy (non-hydrogen) atoms. The fourth-order valence-corrected chi connectivity index (χ4v) is 8.48. The molecule has 0 aromatic carbocycles. The van der Waals surface area contributed by atoms with Gasteiger partial charge in [0.1, 0.15) is 5.78 Å². The summed E-state index contributed by atoms with van der Waals surface area (Å²) >= 11 is 0. The molecule has 0 aromatic heterocycles. The van der Waals surface area contributed by atoms with E-state index >= 15 is 0 Å². The molecule has 8 atom stereocenters. The fraction of sp³-hybridized carbons (Fsp3) is 0.870. The molecule has 140 valence electrons. The van der Waals surface area contributed by atoms with Gasteiger partial charge in [0, 0.05) is 5.41 Å². The number of carbonyl (C=O) groups is 1. The molecule has 4 saturated carbocycles. The molecule has 0 aromatic rings. The second kappa shape index (κ2) is 6.22. The molecule has 0 amide bonds. The van der Waals surface area contributed by atoms with Crippen molar-refractivity contribution in [2.24, 2.45) is 40.4 Å². The Morgan fingerprint density at radius 1 is 1.12 bits per heavy atom. The average Bonchev–Trinajstić information content (AvgIpc) is 3.01. The van der Waals surface area contributed by atoms with Crippen LogP contribution in [0.25, 0.3) is 0 Å². The van der Waals surface area contributed by atoms with E-state index in [2.05, 4.69) is 19.6 Å². The second-order valence-electron chi connectivity index (χ2n) is 9.72. The molecule has 2 nitrogen and oxygen atoms in total. The Morgan fingerprint density at radius 3 is 2.60 bits per heavy atom. The van der Waals surface area contributed by atoms with Crippen LogP contribution < -0.4 is 0 Å². The predicted octanol–water partition coefficient (Wildman–Crippen LogP) is 5.15. The van der Waals surface area contributed by atoms with Crippen molar-refractivity contribution in [3.63, 3.8) is 0 Å². The maximum atomic E-state index is 12.8. The SMILES string of the molecule is C=CC1CC[C@H]2[C@@H]3CC[C@H]4C[C@H](O)CC[C@]4(CC)[C@H]3CC[C@]12C(C)=O. The van der Waals surface area contributed by atoms with Gasteiger partial charge in [0.05, 0.1) is 6.10 Å². The Hall–Kier alpha value is -0.630. The number of hydrogen-bond donors (Lipinski definition) is 1. The quantitative estimate of drug-likeness (QED) is 0.719. The lowest BCUT2D eigenvalue weighted by Gasteiger charge is -2.62. The molecule has 4 aliphatic rings. The van der Waals surface area contributed by atoms with Gasteiger partial charge in [-0.15, -0.1) is 6.58 Å². The zero-order chi connectivity index (χ0) is 17.8. The molecule has 0 saturated heterocycles. The lowest BCUT2D eigenvalue weighted by molar-refractivity contribution is -0.155. The van der Waals surface area contributed by atoms with Crippen LogP contribution in [0.4, 0.5) is 0 Å². The summed E-state index contributed by atoms with van der Waals surface area (Å²) in [5, 5.41) is 10.2. The monoisotopic (exact) mass is 344 g/mol. The molecule has 1 unspecified atom stereocenters. The number of rotatable bonds is 3. The zero-order valence-electron chi connectivity index (χ0n) is 16.2. The van der Waals surface area contributed by atoms with Gasteiger partial charge in [-0.25, -0.2) is 0 Å². The van der Waals surface area contributed by atoms with Crippen LogP contribution in [-0.4, -0.2) is 17.0 Å². The third kappa shape index (κ3) is 2.28. The van der Waals surface area contributed by atoms with E-state index in [9.17, 15) is 9.90 Å². The van der Waals surface area contributed by atoms with Crippen LogP contribution in [-0.2, 0) is 4.79 Å². The third-order valence-electron chi connectivity index (χ3n) is 9.51. The van der Waals surface area contributed by atoms with Crippen molar-refractivity contribution >= 4 is 5.78 Å². The van der Waals surface area contributed by atoms with Gasteiger partial charge in [0.25, 0.3) is 0 Å². The van der Waals surface area contributed by atoms with E-state index in [0.717, 1.165) is 37.5 Å². The van der Waals surface area contributed by atoms with Crippen LogP contribution in [0.3, 0.4) is 0 Å². The van der Waals surface area contributed by atoms with Crippen LogP contribution in [0.15, 0.2) is 12.7 Å². The van der Waals surface area contributed by atoms with E-state index in [-0.39, 0.29) is 11.5 Å². The summed E-state index contributed by atoms with van der Waals surface area (Å²) in [6, 6.07) is 0. The van der Waals surface area contributed by atoms with E-state index in [1.807, 2.05) is 6.92 Å². The molecule has 4 aliphatic carbocycles. The number of carbonyl (C=O) groups excluding carboxylic acids is 1. The highest BCUT2D eigenvalue weighted by Gasteiger charge is 2.63. The number of fused-ring (bicyclic) bond motifs is 5. The number of ketones is 1. The Bertz CT molecular complexity index is 554. The smallest absolute Gasteiger partial charge is 0.136 e. The minimum atomic E-state index is -0.0983. The number of aliphatic hydroxyl groups excluding tert-OH is 1. The maximum Gasteiger partial charge on any atom is 0.136 e. The minimum Gasteiger partial charge on any atom is -0.393 e. The Morgan fingerprint density at radius 2 is 1.92 bits per heavy atom. The van der Waals surface area contributed by atoms with Crippen LogP contribution in [0.5, 0.6) is 0 Å². The first-order valence-corrected chi connectivity index (χ1v) is 10.8. The molecule has 0 heterocycles. The summed E-state index contributed by atoms with van der Waals surface area (Å²) in [5.74, 6) is 3.65. The molecule has 0 bridgehead atoms. The van der Waals surface area contributed by atoms with Crippen LogP contribution in [0, 0.1) is 40.4 Å². The highest BCUT2D eigenvalue weighted by atomic mass is 16.3. The molecule has 2 heteroatoms. The fourth-order valence-electron chi connectivity index (χ4n) is 8.48. The first-order valence-electron chi connectivity index (χ1n) is 10.8. The highest BCUT2D eigenvalue weighted by molar-refractivity contribution is 5.84. The number of Topliss-reactive ketones (excluding diaryl/α,β-unsaturated/α-hetero) is 1. The van der Waals surface area contributed by atoms with Crippen molar-refractivity contribution in [2.75, 3.05) is 0 Å². The Labute approximate surface area is 153 Å².